The van der Waals surface area contributed by atoms with Gasteiger partial charge in [0.2, 0.25) is 0 Å². The maximum atomic E-state index is 2.50. The Balaban J connectivity index is 1.64. The lowest BCUT2D eigenvalue weighted by molar-refractivity contribution is 1.26. The van der Waals surface area contributed by atoms with Crippen molar-refractivity contribution in [2.45, 2.75) is 6.42 Å². The molecule has 0 aromatic heterocycles. The number of hydrogen-bond acceptors (Lipinski definition) is 1. The molecule has 7 rings (SSSR count). The van der Waals surface area contributed by atoms with Gasteiger partial charge in [0.05, 0.1) is 0 Å². The average molecular weight is 438 g/mol. The van der Waals surface area contributed by atoms with Gasteiger partial charge >= 0.3 is 0 Å². The van der Waals surface area contributed by atoms with Gasteiger partial charge in [-0.1, -0.05) is 102 Å². The second-order valence-corrected chi connectivity index (χ2v) is 11.6. The lowest BCUT2D eigenvalue weighted by Crippen LogP contribution is -2.58. The first-order valence-electron chi connectivity index (χ1n) is 11.6. The van der Waals surface area contributed by atoms with Crippen LogP contribution in [0.3, 0.4) is 0 Å². The summed E-state index contributed by atoms with van der Waals surface area (Å²) in [6, 6.07) is 40.3. The summed E-state index contributed by atoms with van der Waals surface area (Å²) in [7, 11) is -1.67. The van der Waals surface area contributed by atoms with E-state index < -0.39 is 8.80 Å². The van der Waals surface area contributed by atoms with Gasteiger partial charge in [0.1, 0.15) is 8.80 Å². The van der Waals surface area contributed by atoms with Crippen LogP contribution in [0.1, 0.15) is 11.1 Å². The highest BCUT2D eigenvalue weighted by molar-refractivity contribution is 6.98. The molecule has 1 aliphatic carbocycles. The largest absolute Gasteiger partial charge is 0.311 e. The normalized spacial score (nSPS) is 15.9. The van der Waals surface area contributed by atoms with E-state index in [4.69, 9.17) is 0 Å². The molecule has 0 spiro atoms. The van der Waals surface area contributed by atoms with Crippen molar-refractivity contribution in [2.24, 2.45) is 0 Å². The van der Waals surface area contributed by atoms with E-state index in [-0.39, 0.29) is 0 Å². The number of nitrogens with zero attached hydrogens (tertiary/aromatic N) is 1. The van der Waals surface area contributed by atoms with E-state index in [1.54, 1.807) is 5.19 Å². The van der Waals surface area contributed by atoms with Crippen LogP contribution in [0.5, 0.6) is 0 Å². The second-order valence-electron chi connectivity index (χ2n) is 8.91. The zero-order valence-electron chi connectivity index (χ0n) is 18.3. The van der Waals surface area contributed by atoms with E-state index in [2.05, 4.69) is 126 Å². The van der Waals surface area contributed by atoms with Gasteiger partial charge in [-0.25, -0.2) is 0 Å². The molecule has 2 heteroatoms. The summed E-state index contributed by atoms with van der Waals surface area (Å²) in [5, 5.41) is 7.35. The standard InChI is InChI=1S/C31H23NSi/c1-3-14-24(15-4-1)32-27-19-7-8-20-29(27)33(25-16-5-2-6-17-25)31-26-18-10-12-22-11-9-13-23(30(22)26)21-28(31)32/h1-17,19-21,33H,18H2. The summed E-state index contributed by atoms with van der Waals surface area (Å²) in [6.07, 6.45) is 5.64. The van der Waals surface area contributed by atoms with Crippen LogP contribution in [0, 0.1) is 0 Å². The van der Waals surface area contributed by atoms with Crippen LogP contribution in [-0.2, 0) is 6.42 Å². The van der Waals surface area contributed by atoms with Gasteiger partial charge in [0.15, 0.2) is 0 Å². The Labute approximate surface area is 195 Å². The minimum atomic E-state index is -1.67. The predicted octanol–water partition coefficient (Wildman–Crippen LogP) is 5.44. The van der Waals surface area contributed by atoms with Crippen molar-refractivity contribution in [1.29, 1.82) is 0 Å². The molecule has 1 aliphatic heterocycles. The van der Waals surface area contributed by atoms with E-state index in [1.165, 1.54) is 49.3 Å². The van der Waals surface area contributed by atoms with Crippen LogP contribution in [0.15, 0.2) is 115 Å². The van der Waals surface area contributed by atoms with Crippen LogP contribution in [0.25, 0.3) is 16.8 Å². The Morgan fingerprint density at radius 2 is 1.42 bits per heavy atom. The fourth-order valence-electron chi connectivity index (χ4n) is 5.80. The van der Waals surface area contributed by atoms with E-state index in [0.717, 1.165) is 6.42 Å². The number of para-hydroxylation sites is 2. The van der Waals surface area contributed by atoms with Gasteiger partial charge in [-0.3, -0.25) is 0 Å². The monoisotopic (exact) mass is 437 g/mol. The molecule has 156 valence electrons. The van der Waals surface area contributed by atoms with Crippen LogP contribution >= 0.6 is 0 Å². The third-order valence-corrected chi connectivity index (χ3v) is 10.5. The molecule has 0 bridgehead atoms. The minimum Gasteiger partial charge on any atom is -0.311 e. The molecule has 0 fully saturated rings. The predicted molar refractivity (Wildman–Crippen MR) is 144 cm³/mol. The number of fused-ring (bicyclic) bond motifs is 3. The van der Waals surface area contributed by atoms with E-state index >= 15 is 0 Å². The van der Waals surface area contributed by atoms with Crippen molar-refractivity contribution in [3.05, 3.63) is 126 Å². The lowest BCUT2D eigenvalue weighted by Gasteiger charge is -2.39. The van der Waals surface area contributed by atoms with Gasteiger partial charge in [-0.05, 0) is 63.0 Å². The molecule has 0 saturated carbocycles. The smallest absolute Gasteiger partial charge is 0.138 e. The Morgan fingerprint density at radius 1 is 0.667 bits per heavy atom. The van der Waals surface area contributed by atoms with Crippen LogP contribution in [0.4, 0.5) is 17.1 Å². The summed E-state index contributed by atoms with van der Waals surface area (Å²) in [5.41, 5.74) is 6.78. The third-order valence-electron chi connectivity index (χ3n) is 7.11. The summed E-state index contributed by atoms with van der Waals surface area (Å²) in [4.78, 5) is 2.50. The van der Waals surface area contributed by atoms with Gasteiger partial charge in [-0.15, -0.1) is 0 Å². The SMILES string of the molecule is C1=Cc2cccc3cc4c(c(c23)C1)[SiH](c1ccccc1)c1ccccc1N4c1ccccc1. The number of rotatable bonds is 2. The first-order valence-corrected chi connectivity index (χ1v) is 13.4. The first kappa shape index (κ1) is 18.7. The van der Waals surface area contributed by atoms with Crippen molar-refractivity contribution in [1.82, 2.24) is 0 Å². The van der Waals surface area contributed by atoms with Crippen LogP contribution in [0.2, 0.25) is 0 Å². The molecule has 33 heavy (non-hydrogen) atoms. The molecule has 5 aromatic carbocycles. The van der Waals surface area contributed by atoms with Crippen molar-refractivity contribution in [3.63, 3.8) is 0 Å². The molecule has 0 N–H and O–H groups in total. The number of hydrogen-bond donors (Lipinski definition) is 0. The molecule has 0 amide bonds. The number of allylic oxidation sites excluding steroid dienone is 1. The molecule has 5 aromatic rings. The molecule has 0 radical (unpaired) electrons. The van der Waals surface area contributed by atoms with Gasteiger partial charge in [0, 0.05) is 17.1 Å². The quantitative estimate of drug-likeness (QED) is 0.326. The highest BCUT2D eigenvalue weighted by Crippen LogP contribution is 2.40. The zero-order valence-corrected chi connectivity index (χ0v) is 19.4. The fourth-order valence-corrected chi connectivity index (χ4v) is 9.36. The molecular weight excluding hydrogens is 414 g/mol. The summed E-state index contributed by atoms with van der Waals surface area (Å²) < 4.78 is 0. The molecule has 1 atom stereocenters. The Kier molecular flexibility index (Phi) is 4.14. The highest BCUT2D eigenvalue weighted by atomic mass is 28.3. The molecule has 0 saturated heterocycles. The van der Waals surface area contributed by atoms with E-state index in [0.29, 0.717) is 0 Å². The lowest BCUT2D eigenvalue weighted by atomic mass is 9.92. The van der Waals surface area contributed by atoms with Crippen LogP contribution in [-0.4, -0.2) is 8.80 Å². The zero-order chi connectivity index (χ0) is 21.8. The maximum Gasteiger partial charge on any atom is 0.138 e. The summed E-state index contributed by atoms with van der Waals surface area (Å²) in [6.45, 7) is 0. The van der Waals surface area contributed by atoms with Crippen LogP contribution < -0.4 is 20.5 Å². The van der Waals surface area contributed by atoms with Gasteiger partial charge in [-0.2, -0.15) is 0 Å². The fraction of sp³-hybridized carbons (Fsp3) is 0.0323. The number of anilines is 3. The molecular formula is C31H23NSi. The van der Waals surface area contributed by atoms with Crippen molar-refractivity contribution < 1.29 is 0 Å². The van der Waals surface area contributed by atoms with Gasteiger partial charge < -0.3 is 4.90 Å². The topological polar surface area (TPSA) is 3.24 Å². The number of benzene rings is 5. The van der Waals surface area contributed by atoms with Crippen molar-refractivity contribution in [3.8, 4) is 0 Å². The van der Waals surface area contributed by atoms with Crippen molar-refractivity contribution in [2.75, 3.05) is 4.90 Å². The Hall–Kier alpha value is -3.88. The van der Waals surface area contributed by atoms with E-state index in [1.807, 2.05) is 0 Å². The van der Waals surface area contributed by atoms with Crippen molar-refractivity contribution >= 4 is 58.3 Å². The molecule has 1 nitrogen and oxygen atoms in total. The molecule has 1 unspecified atom stereocenters. The second kappa shape index (κ2) is 7.33. The average Bonchev–Trinajstić information content (AvgIpc) is 2.89. The molecule has 1 heterocycles. The van der Waals surface area contributed by atoms with E-state index in [9.17, 15) is 0 Å². The summed E-state index contributed by atoms with van der Waals surface area (Å²) >= 11 is 0. The Morgan fingerprint density at radius 3 is 2.27 bits per heavy atom. The highest BCUT2D eigenvalue weighted by Gasteiger charge is 2.36. The minimum absolute atomic E-state index is 0.998. The van der Waals surface area contributed by atoms with Gasteiger partial charge in [0.25, 0.3) is 0 Å². The summed E-state index contributed by atoms with van der Waals surface area (Å²) in [5.74, 6) is 0. The Bertz CT molecular complexity index is 1540. The first-order chi connectivity index (χ1) is 16.4. The third kappa shape index (κ3) is 2.78. The maximum absolute atomic E-state index is 2.50. The molecule has 2 aliphatic rings.